The van der Waals surface area contributed by atoms with Crippen LogP contribution in [0.5, 0.6) is 5.88 Å². The number of carbonyl (C=O) groups is 2. The maximum Gasteiger partial charge on any atom is 0.261 e. The van der Waals surface area contributed by atoms with Crippen molar-refractivity contribution >= 4 is 33.2 Å². The molecule has 25 heavy (non-hydrogen) atoms. The smallest absolute Gasteiger partial charge is 0.261 e. The van der Waals surface area contributed by atoms with Crippen LogP contribution >= 0.6 is 0 Å². The van der Waals surface area contributed by atoms with Crippen molar-refractivity contribution in [3.8, 4) is 5.88 Å². The van der Waals surface area contributed by atoms with Gasteiger partial charge in [-0.3, -0.25) is 19.2 Å². The summed E-state index contributed by atoms with van der Waals surface area (Å²) in [5, 5.41) is 0. The zero-order valence-corrected chi connectivity index (χ0v) is 14.1. The lowest BCUT2D eigenvalue weighted by molar-refractivity contribution is -0.121. The molecule has 0 aliphatic carbocycles. The average molecular weight is 361 g/mol. The van der Waals surface area contributed by atoms with Crippen LogP contribution < -0.4 is 14.4 Å². The van der Waals surface area contributed by atoms with Crippen LogP contribution in [-0.4, -0.2) is 32.3 Å². The van der Waals surface area contributed by atoms with Crippen LogP contribution in [0.15, 0.2) is 47.5 Å². The van der Waals surface area contributed by atoms with Crippen molar-refractivity contribution < 1.29 is 22.7 Å². The number of nitrogens with one attached hydrogen (secondary N) is 1. The maximum atomic E-state index is 12.4. The lowest BCUT2D eigenvalue weighted by Gasteiger charge is -2.14. The van der Waals surface area contributed by atoms with Gasteiger partial charge in [0.15, 0.2) is 0 Å². The number of hydrogen-bond donors (Lipinski definition) is 1. The number of methoxy groups -OCH3 is 1. The number of benzene rings is 1. The number of rotatable bonds is 5. The Balaban J connectivity index is 1.80. The summed E-state index contributed by atoms with van der Waals surface area (Å²) in [6.45, 7) is 0. The lowest BCUT2D eigenvalue weighted by atomic mass is 10.3. The minimum absolute atomic E-state index is 0.00571. The molecule has 1 N–H and O–H groups in total. The first-order valence-electron chi connectivity index (χ1n) is 7.39. The number of imide groups is 1. The first kappa shape index (κ1) is 16.9. The predicted molar refractivity (Wildman–Crippen MR) is 89.8 cm³/mol. The van der Waals surface area contributed by atoms with E-state index in [9.17, 15) is 18.0 Å². The highest BCUT2D eigenvalue weighted by molar-refractivity contribution is 7.92. The molecule has 0 spiro atoms. The van der Waals surface area contributed by atoms with Gasteiger partial charge in [0.1, 0.15) is 0 Å². The van der Waals surface area contributed by atoms with Gasteiger partial charge in [0.05, 0.1) is 29.6 Å². The van der Waals surface area contributed by atoms with Crippen molar-refractivity contribution in [3.63, 3.8) is 0 Å². The summed E-state index contributed by atoms with van der Waals surface area (Å²) < 4.78 is 32.1. The fourth-order valence-electron chi connectivity index (χ4n) is 2.41. The van der Waals surface area contributed by atoms with E-state index < -0.39 is 10.0 Å². The molecule has 2 amide bonds. The summed E-state index contributed by atoms with van der Waals surface area (Å²) >= 11 is 0. The number of anilines is 2. The number of amides is 2. The minimum Gasteiger partial charge on any atom is -0.481 e. The van der Waals surface area contributed by atoms with Crippen molar-refractivity contribution in [1.82, 2.24) is 4.98 Å². The Morgan fingerprint density at radius 1 is 1.04 bits per heavy atom. The van der Waals surface area contributed by atoms with Gasteiger partial charge >= 0.3 is 0 Å². The third-order valence-corrected chi connectivity index (χ3v) is 5.05. The second kappa shape index (κ2) is 6.52. The molecular formula is C16H15N3O5S. The van der Waals surface area contributed by atoms with Crippen molar-refractivity contribution in [1.29, 1.82) is 0 Å². The highest BCUT2D eigenvalue weighted by Crippen LogP contribution is 2.25. The van der Waals surface area contributed by atoms with Gasteiger partial charge in [-0.05, 0) is 30.3 Å². The van der Waals surface area contributed by atoms with Crippen LogP contribution in [0.1, 0.15) is 12.8 Å². The molecular weight excluding hydrogens is 346 g/mol. The molecule has 1 aromatic carbocycles. The summed E-state index contributed by atoms with van der Waals surface area (Å²) in [6.07, 6.45) is 1.68. The standard InChI is InChI=1S/C16H15N3O5S/c1-24-14-7-2-11(10-17-14)18-25(22,23)13-5-3-12(4-6-13)19-15(20)8-9-16(19)21/h2-7,10,18H,8-9H2,1H3. The summed E-state index contributed by atoms with van der Waals surface area (Å²) in [5.41, 5.74) is 0.646. The highest BCUT2D eigenvalue weighted by Gasteiger charge is 2.30. The molecule has 9 heteroatoms. The van der Waals surface area contributed by atoms with Gasteiger partial charge in [0.2, 0.25) is 17.7 Å². The largest absolute Gasteiger partial charge is 0.481 e. The van der Waals surface area contributed by atoms with Crippen LogP contribution in [-0.2, 0) is 19.6 Å². The van der Waals surface area contributed by atoms with E-state index in [1.54, 1.807) is 0 Å². The first-order chi connectivity index (χ1) is 11.9. The summed E-state index contributed by atoms with van der Waals surface area (Å²) in [4.78, 5) is 28.4. The summed E-state index contributed by atoms with van der Waals surface area (Å²) in [7, 11) is -2.36. The van der Waals surface area contributed by atoms with Gasteiger partial charge in [-0.2, -0.15) is 0 Å². The van der Waals surface area contributed by atoms with E-state index in [0.717, 1.165) is 4.90 Å². The van der Waals surface area contributed by atoms with Crippen LogP contribution in [0.4, 0.5) is 11.4 Å². The monoisotopic (exact) mass is 361 g/mol. The molecule has 130 valence electrons. The van der Waals surface area contributed by atoms with Crippen molar-refractivity contribution in [2.24, 2.45) is 0 Å². The van der Waals surface area contributed by atoms with Gasteiger partial charge in [-0.1, -0.05) is 0 Å². The zero-order valence-electron chi connectivity index (χ0n) is 13.3. The zero-order chi connectivity index (χ0) is 18.0. The van der Waals surface area contributed by atoms with E-state index in [4.69, 9.17) is 4.74 Å². The Morgan fingerprint density at radius 2 is 1.68 bits per heavy atom. The molecule has 1 aromatic heterocycles. The fraction of sp³-hybridized carbons (Fsp3) is 0.188. The second-order valence-corrected chi connectivity index (χ2v) is 6.99. The van der Waals surface area contributed by atoms with Crippen LogP contribution in [0.25, 0.3) is 0 Å². The Morgan fingerprint density at radius 3 is 2.20 bits per heavy atom. The number of aromatic nitrogens is 1. The SMILES string of the molecule is COc1ccc(NS(=O)(=O)c2ccc(N3C(=O)CCC3=O)cc2)cn1. The van der Waals surface area contributed by atoms with Crippen molar-refractivity contribution in [2.75, 3.05) is 16.7 Å². The number of pyridine rings is 1. The highest BCUT2D eigenvalue weighted by atomic mass is 32.2. The maximum absolute atomic E-state index is 12.4. The first-order valence-corrected chi connectivity index (χ1v) is 8.88. The molecule has 0 unspecified atom stereocenters. The Bertz CT molecular complexity index is 892. The molecule has 1 aliphatic heterocycles. The predicted octanol–water partition coefficient (Wildman–Crippen LogP) is 1.54. The number of nitrogens with zero attached hydrogens (tertiary/aromatic N) is 2. The molecule has 1 fully saturated rings. The molecule has 0 saturated carbocycles. The number of hydrogen-bond acceptors (Lipinski definition) is 6. The average Bonchev–Trinajstić information content (AvgIpc) is 2.94. The fourth-order valence-corrected chi connectivity index (χ4v) is 3.46. The van der Waals surface area contributed by atoms with E-state index in [1.807, 2.05) is 0 Å². The second-order valence-electron chi connectivity index (χ2n) is 5.31. The molecule has 8 nitrogen and oxygen atoms in total. The number of ether oxygens (including phenoxy) is 1. The van der Waals surface area contributed by atoms with Gasteiger partial charge in [-0.15, -0.1) is 0 Å². The van der Waals surface area contributed by atoms with E-state index in [1.165, 1.54) is 49.7 Å². The number of carbonyl (C=O) groups excluding carboxylic acids is 2. The van der Waals surface area contributed by atoms with Crippen molar-refractivity contribution in [2.45, 2.75) is 17.7 Å². The third kappa shape index (κ3) is 3.45. The third-order valence-electron chi connectivity index (χ3n) is 3.65. The summed E-state index contributed by atoms with van der Waals surface area (Å²) in [6, 6.07) is 8.61. The lowest BCUT2D eigenvalue weighted by Crippen LogP contribution is -2.28. The molecule has 2 heterocycles. The quantitative estimate of drug-likeness (QED) is 0.810. The van der Waals surface area contributed by atoms with E-state index in [2.05, 4.69) is 9.71 Å². The van der Waals surface area contributed by atoms with Gasteiger partial charge in [0, 0.05) is 18.9 Å². The number of sulfonamides is 1. The van der Waals surface area contributed by atoms with E-state index in [0.29, 0.717) is 11.6 Å². The molecule has 2 aromatic rings. The molecule has 1 aliphatic rings. The van der Waals surface area contributed by atoms with Crippen LogP contribution in [0.2, 0.25) is 0 Å². The minimum atomic E-state index is -3.82. The normalized spacial score (nSPS) is 14.7. The van der Waals surface area contributed by atoms with Gasteiger partial charge < -0.3 is 4.74 Å². The van der Waals surface area contributed by atoms with E-state index in [-0.39, 0.29) is 35.2 Å². The van der Waals surface area contributed by atoms with Gasteiger partial charge in [-0.25, -0.2) is 13.4 Å². The molecule has 3 rings (SSSR count). The Hall–Kier alpha value is -2.94. The molecule has 0 bridgehead atoms. The Kier molecular flexibility index (Phi) is 4.41. The topological polar surface area (TPSA) is 106 Å². The van der Waals surface area contributed by atoms with Crippen molar-refractivity contribution in [3.05, 3.63) is 42.6 Å². The summed E-state index contributed by atoms with van der Waals surface area (Å²) in [5.74, 6) is -0.210. The molecule has 0 radical (unpaired) electrons. The Labute approximate surface area is 144 Å². The molecule has 0 atom stereocenters. The van der Waals surface area contributed by atoms with Gasteiger partial charge in [0.25, 0.3) is 10.0 Å². The van der Waals surface area contributed by atoms with Crippen LogP contribution in [0, 0.1) is 0 Å². The molecule has 1 saturated heterocycles. The van der Waals surface area contributed by atoms with Crippen LogP contribution in [0.3, 0.4) is 0 Å². The van der Waals surface area contributed by atoms with E-state index >= 15 is 0 Å².